The average Bonchev–Trinajstić information content (AvgIpc) is 3.05. The van der Waals surface area contributed by atoms with Crippen molar-refractivity contribution in [3.63, 3.8) is 0 Å². The van der Waals surface area contributed by atoms with Gasteiger partial charge in [-0.05, 0) is 11.1 Å². The van der Waals surface area contributed by atoms with Crippen molar-refractivity contribution in [2.45, 2.75) is 23.7 Å². The lowest BCUT2D eigenvalue weighted by Gasteiger charge is -2.52. The van der Waals surface area contributed by atoms with Gasteiger partial charge in [-0.15, -0.1) is 0 Å². The van der Waals surface area contributed by atoms with Gasteiger partial charge in [0.25, 0.3) is 0 Å². The normalized spacial score (nSPS) is 19.2. The van der Waals surface area contributed by atoms with Crippen LogP contribution in [0.3, 0.4) is 0 Å². The highest BCUT2D eigenvalue weighted by molar-refractivity contribution is 5.47. The Bertz CT molecular complexity index is 1290. The molecule has 0 radical (unpaired) electrons. The van der Waals surface area contributed by atoms with Gasteiger partial charge in [0.2, 0.25) is 11.8 Å². The lowest BCUT2D eigenvalue weighted by molar-refractivity contribution is 0.172. The molecule has 1 aliphatic carbocycles. The highest BCUT2D eigenvalue weighted by Gasteiger charge is 2.54. The highest BCUT2D eigenvalue weighted by Crippen LogP contribution is 2.66. The molecule has 5 rings (SSSR count). The Balaban J connectivity index is 1.67. The topological polar surface area (TPSA) is 169 Å². The Hall–Kier alpha value is -4.36. The Morgan fingerprint density at radius 3 is 1.18 bits per heavy atom. The summed E-state index contributed by atoms with van der Waals surface area (Å²) in [5, 5.41) is 37.5. The lowest BCUT2D eigenvalue weighted by Crippen LogP contribution is -2.41. The van der Waals surface area contributed by atoms with Crippen molar-refractivity contribution in [1.29, 1.82) is 0 Å². The quantitative estimate of drug-likeness (QED) is 0.147. The number of aliphatic hydroxyl groups excluding tert-OH is 4. The van der Waals surface area contributed by atoms with Crippen LogP contribution in [0.5, 0.6) is 23.8 Å². The molecule has 2 aromatic heterocycles. The molecule has 4 aromatic rings. The summed E-state index contributed by atoms with van der Waals surface area (Å²) < 4.78 is 22.6. The third-order valence-corrected chi connectivity index (χ3v) is 7.33. The first-order valence-electron chi connectivity index (χ1n) is 14.5. The summed E-state index contributed by atoms with van der Waals surface area (Å²) in [5.74, 6) is -0.169. The number of hydrogen-bond donors (Lipinski definition) is 4. The van der Waals surface area contributed by atoms with Gasteiger partial charge in [-0.1, -0.05) is 60.7 Å². The van der Waals surface area contributed by atoms with E-state index in [2.05, 4.69) is 34.2 Å². The van der Waals surface area contributed by atoms with Gasteiger partial charge in [-0.3, -0.25) is 0 Å². The molecule has 0 unspecified atom stereocenters. The molecule has 1 saturated carbocycles. The summed E-state index contributed by atoms with van der Waals surface area (Å²) in [7, 11) is 0. The van der Waals surface area contributed by atoms with Crippen molar-refractivity contribution < 1.29 is 39.4 Å². The molecule has 0 amide bonds. The van der Waals surface area contributed by atoms with Crippen LogP contribution in [0.15, 0.2) is 72.8 Å². The molecule has 12 nitrogen and oxygen atoms in total. The van der Waals surface area contributed by atoms with E-state index in [-0.39, 0.29) is 100 Å². The van der Waals surface area contributed by atoms with Crippen molar-refractivity contribution in [3.05, 3.63) is 95.3 Å². The van der Waals surface area contributed by atoms with Gasteiger partial charge in [-0.25, -0.2) is 0 Å². The number of ether oxygens (including phenoxy) is 4. The zero-order valence-corrected chi connectivity index (χ0v) is 24.1. The molecular formula is C32H36N4O8. The third-order valence-electron chi connectivity index (χ3n) is 7.33. The summed E-state index contributed by atoms with van der Waals surface area (Å²) >= 11 is 0. The summed E-state index contributed by atoms with van der Waals surface area (Å²) in [6.45, 7) is -0.690. The third kappa shape index (κ3) is 7.22. The van der Waals surface area contributed by atoms with Gasteiger partial charge >= 0.3 is 12.0 Å². The second kappa shape index (κ2) is 15.4. The van der Waals surface area contributed by atoms with Crippen LogP contribution in [0.2, 0.25) is 0 Å². The Kier molecular flexibility index (Phi) is 10.9. The first-order chi connectivity index (χ1) is 21.7. The van der Waals surface area contributed by atoms with Crippen LogP contribution in [0.25, 0.3) is 0 Å². The smallest absolute Gasteiger partial charge is 0.320 e. The number of hydrogen-bond acceptors (Lipinski definition) is 12. The van der Waals surface area contributed by atoms with Crippen LogP contribution in [-0.4, -0.2) is 93.2 Å². The van der Waals surface area contributed by atoms with Gasteiger partial charge in [0.1, 0.15) is 26.4 Å². The van der Waals surface area contributed by atoms with E-state index in [1.807, 2.05) is 36.4 Å². The summed E-state index contributed by atoms with van der Waals surface area (Å²) in [4.78, 5) is 18.2. The predicted molar refractivity (Wildman–Crippen MR) is 158 cm³/mol. The molecule has 0 saturated heterocycles. The number of rotatable bonds is 16. The molecular weight excluding hydrogens is 568 g/mol. The Morgan fingerprint density at radius 1 is 0.455 bits per heavy atom. The molecule has 2 aromatic carbocycles. The second-order valence-corrected chi connectivity index (χ2v) is 10.0. The van der Waals surface area contributed by atoms with Crippen molar-refractivity contribution in [2.75, 3.05) is 52.9 Å². The summed E-state index contributed by atoms with van der Waals surface area (Å²) in [6.07, 6.45) is 0. The van der Waals surface area contributed by atoms with Crippen LogP contribution < -0.4 is 18.9 Å². The van der Waals surface area contributed by atoms with Gasteiger partial charge in [0, 0.05) is 35.8 Å². The lowest BCUT2D eigenvalue weighted by atomic mass is 9.50. The van der Waals surface area contributed by atoms with Crippen molar-refractivity contribution in [3.8, 4) is 23.8 Å². The Morgan fingerprint density at radius 2 is 0.818 bits per heavy atom. The SMILES string of the molecule is OCCOc1cc([C@H]2[C@H](c3ccccc3)[C@H](c3cc(OCCO)nc(OCCO)n3)[C@H]2c2ccccc2)nc(OCCO)n1. The average molecular weight is 605 g/mol. The second-order valence-electron chi connectivity index (χ2n) is 10.0. The molecule has 0 spiro atoms. The summed E-state index contributed by atoms with van der Waals surface area (Å²) in [6, 6.07) is 23.7. The standard InChI is InChI=1S/C32H36N4O8/c37-11-15-41-25-19-23(33-31(35-25)43-17-13-39)29-27(21-7-3-1-4-8-21)30(28(29)22-9-5-2-6-10-22)24-20-26(42-16-12-38)36-32(34-24)44-18-14-40/h1-10,19-20,27-30,37-40H,11-18H2/t27-,28-,29-,30-. The van der Waals surface area contributed by atoms with E-state index in [0.29, 0.717) is 11.4 Å². The van der Waals surface area contributed by atoms with Crippen LogP contribution in [0, 0.1) is 0 Å². The van der Waals surface area contributed by atoms with E-state index < -0.39 is 0 Å². The zero-order valence-electron chi connectivity index (χ0n) is 24.1. The summed E-state index contributed by atoms with van der Waals surface area (Å²) in [5.41, 5.74) is 3.45. The van der Waals surface area contributed by atoms with Gasteiger partial charge in [-0.2, -0.15) is 19.9 Å². The van der Waals surface area contributed by atoms with Crippen molar-refractivity contribution in [1.82, 2.24) is 19.9 Å². The molecule has 0 atom stereocenters. The van der Waals surface area contributed by atoms with Gasteiger partial charge in [0.15, 0.2) is 0 Å². The minimum Gasteiger partial charge on any atom is -0.475 e. The maximum atomic E-state index is 9.38. The first-order valence-corrected chi connectivity index (χ1v) is 14.5. The maximum absolute atomic E-state index is 9.38. The van der Waals surface area contributed by atoms with E-state index >= 15 is 0 Å². The number of aromatic nitrogens is 4. The van der Waals surface area contributed by atoms with Crippen LogP contribution >= 0.6 is 0 Å². The minimum atomic E-state index is -0.208. The van der Waals surface area contributed by atoms with Crippen molar-refractivity contribution >= 4 is 0 Å². The van der Waals surface area contributed by atoms with E-state index in [0.717, 1.165) is 11.1 Å². The van der Waals surface area contributed by atoms with E-state index in [9.17, 15) is 20.4 Å². The Labute approximate surface area is 254 Å². The fraction of sp³-hybridized carbons (Fsp3) is 0.375. The zero-order chi connectivity index (χ0) is 30.7. The molecule has 232 valence electrons. The maximum Gasteiger partial charge on any atom is 0.320 e. The monoisotopic (exact) mass is 604 g/mol. The van der Waals surface area contributed by atoms with E-state index in [1.54, 1.807) is 12.1 Å². The molecule has 1 aliphatic rings. The molecule has 44 heavy (non-hydrogen) atoms. The van der Waals surface area contributed by atoms with Crippen LogP contribution in [0.4, 0.5) is 0 Å². The molecule has 4 N–H and O–H groups in total. The van der Waals surface area contributed by atoms with E-state index in [4.69, 9.17) is 28.9 Å². The largest absolute Gasteiger partial charge is 0.475 e. The van der Waals surface area contributed by atoms with Gasteiger partial charge in [0.05, 0.1) is 37.8 Å². The van der Waals surface area contributed by atoms with Crippen molar-refractivity contribution in [2.24, 2.45) is 0 Å². The highest BCUT2D eigenvalue weighted by atomic mass is 16.5. The minimum absolute atomic E-state index is 0.00851. The first kappa shape index (κ1) is 31.1. The fourth-order valence-corrected chi connectivity index (χ4v) is 5.70. The van der Waals surface area contributed by atoms with Gasteiger partial charge < -0.3 is 39.4 Å². The van der Waals surface area contributed by atoms with Crippen LogP contribution in [-0.2, 0) is 0 Å². The fourth-order valence-electron chi connectivity index (χ4n) is 5.70. The molecule has 1 fully saturated rings. The molecule has 12 heteroatoms. The molecule has 2 heterocycles. The van der Waals surface area contributed by atoms with E-state index in [1.165, 1.54) is 0 Å². The molecule has 0 aliphatic heterocycles. The van der Waals surface area contributed by atoms with Crippen LogP contribution in [0.1, 0.15) is 46.2 Å². The number of nitrogens with zero attached hydrogens (tertiary/aromatic N) is 4. The predicted octanol–water partition coefficient (Wildman–Crippen LogP) is 2.20. The molecule has 0 bridgehead atoms. The number of benzene rings is 2. The number of aliphatic hydroxyl groups is 4.